The summed E-state index contributed by atoms with van der Waals surface area (Å²) in [5, 5.41) is 0. The van der Waals surface area contributed by atoms with Crippen LogP contribution < -0.4 is 4.90 Å². The summed E-state index contributed by atoms with van der Waals surface area (Å²) in [6, 6.07) is 4.37. The second kappa shape index (κ2) is 6.75. The highest BCUT2D eigenvalue weighted by Crippen LogP contribution is 2.49. The molecule has 128 valence electrons. The highest BCUT2D eigenvalue weighted by Gasteiger charge is 2.44. The van der Waals surface area contributed by atoms with E-state index in [1.54, 1.807) is 18.0 Å². The van der Waals surface area contributed by atoms with E-state index >= 15 is 0 Å². The predicted molar refractivity (Wildman–Crippen MR) is 89.8 cm³/mol. The molecule has 3 rings (SSSR count). The Morgan fingerprint density at radius 2 is 2.04 bits per heavy atom. The van der Waals surface area contributed by atoms with Crippen LogP contribution in [0.1, 0.15) is 31.2 Å². The van der Waals surface area contributed by atoms with Gasteiger partial charge in [0, 0.05) is 24.7 Å². The molecule has 0 aliphatic heterocycles. The molecular formula is C19H22FNO3. The summed E-state index contributed by atoms with van der Waals surface area (Å²) in [6.07, 6.45) is 7.19. The molecule has 0 spiro atoms. The van der Waals surface area contributed by atoms with Gasteiger partial charge >= 0.3 is 5.97 Å². The van der Waals surface area contributed by atoms with E-state index in [-0.39, 0.29) is 11.8 Å². The quantitative estimate of drug-likeness (QED) is 0.627. The number of fused-ring (bicyclic) bond motifs is 2. The van der Waals surface area contributed by atoms with Crippen LogP contribution >= 0.6 is 0 Å². The van der Waals surface area contributed by atoms with Crippen LogP contribution in [-0.2, 0) is 14.3 Å². The average molecular weight is 331 g/mol. The van der Waals surface area contributed by atoms with Gasteiger partial charge in [0.05, 0.1) is 7.11 Å². The molecule has 2 saturated carbocycles. The van der Waals surface area contributed by atoms with E-state index in [9.17, 15) is 14.0 Å². The third-order valence-corrected chi connectivity index (χ3v) is 5.29. The maximum atomic E-state index is 13.9. The minimum Gasteiger partial charge on any atom is -0.466 e. The topological polar surface area (TPSA) is 46.6 Å². The van der Waals surface area contributed by atoms with E-state index in [0.717, 1.165) is 19.3 Å². The van der Waals surface area contributed by atoms with Gasteiger partial charge in [-0.2, -0.15) is 0 Å². The summed E-state index contributed by atoms with van der Waals surface area (Å²) in [5.74, 6) is 0.346. The highest BCUT2D eigenvalue weighted by molar-refractivity contribution is 5.95. The molecule has 1 aromatic rings. The minimum atomic E-state index is -0.507. The van der Waals surface area contributed by atoms with Crippen molar-refractivity contribution in [3.05, 3.63) is 35.7 Å². The molecule has 24 heavy (non-hydrogen) atoms. The van der Waals surface area contributed by atoms with Crippen LogP contribution in [0.4, 0.5) is 10.1 Å². The maximum absolute atomic E-state index is 13.9. The van der Waals surface area contributed by atoms with Gasteiger partial charge in [0.2, 0.25) is 5.91 Å². The summed E-state index contributed by atoms with van der Waals surface area (Å²) in [7, 11) is 2.97. The van der Waals surface area contributed by atoms with E-state index in [2.05, 4.69) is 4.74 Å². The molecule has 0 saturated heterocycles. The molecule has 0 aromatic heterocycles. The molecule has 2 bridgehead atoms. The van der Waals surface area contributed by atoms with Crippen molar-refractivity contribution in [2.24, 2.45) is 17.8 Å². The molecule has 5 heteroatoms. The molecule has 2 aliphatic rings. The number of rotatable bonds is 4. The Hall–Kier alpha value is -2.17. The lowest BCUT2D eigenvalue weighted by Crippen LogP contribution is -2.35. The number of nitrogens with zero attached hydrogens (tertiary/aromatic N) is 1. The Labute approximate surface area is 141 Å². The van der Waals surface area contributed by atoms with Crippen LogP contribution in [0.25, 0.3) is 6.08 Å². The first-order valence-corrected chi connectivity index (χ1v) is 8.32. The van der Waals surface area contributed by atoms with Gasteiger partial charge in [-0.3, -0.25) is 4.79 Å². The molecule has 2 fully saturated rings. The smallest absolute Gasteiger partial charge is 0.330 e. The number of carbonyl (C=O) groups excluding carboxylic acids is 2. The Bertz CT molecular complexity index is 685. The van der Waals surface area contributed by atoms with Gasteiger partial charge in [0.15, 0.2) is 0 Å². The number of ether oxygens (including phenoxy) is 1. The van der Waals surface area contributed by atoms with Crippen LogP contribution in [0, 0.1) is 23.6 Å². The van der Waals surface area contributed by atoms with Crippen LogP contribution in [0.2, 0.25) is 0 Å². The summed E-state index contributed by atoms with van der Waals surface area (Å²) < 4.78 is 18.4. The average Bonchev–Trinajstić information content (AvgIpc) is 3.21. The van der Waals surface area contributed by atoms with E-state index in [4.69, 9.17) is 0 Å². The summed E-state index contributed by atoms with van der Waals surface area (Å²) in [5.41, 5.74) is 1.02. The van der Waals surface area contributed by atoms with Crippen molar-refractivity contribution >= 4 is 23.6 Å². The van der Waals surface area contributed by atoms with Crippen molar-refractivity contribution in [1.82, 2.24) is 0 Å². The molecule has 4 nitrogen and oxygen atoms in total. The third-order valence-electron chi connectivity index (χ3n) is 5.29. The minimum absolute atomic E-state index is 0.0612. The summed E-state index contributed by atoms with van der Waals surface area (Å²) >= 11 is 0. The number of anilines is 1. The zero-order valence-electron chi connectivity index (χ0n) is 14.0. The predicted octanol–water partition coefficient (Wildman–Crippen LogP) is 3.41. The standard InChI is InChI=1S/C19H22FNO3/c1-21(19(23)17-10-12-3-5-14(17)7-12)16-9-13(8-15(20)11-16)4-6-18(22)24-2/h4,6,8-9,11-12,14,17H,3,5,7,10H2,1-2H3/b6-4+. The number of carbonyl (C=O) groups is 2. The fraction of sp³-hybridized carbons (Fsp3) is 0.474. The Morgan fingerprint density at radius 3 is 2.67 bits per heavy atom. The highest BCUT2D eigenvalue weighted by atomic mass is 19.1. The third kappa shape index (κ3) is 3.35. The molecule has 0 N–H and O–H groups in total. The number of hydrogen-bond acceptors (Lipinski definition) is 3. The normalized spacial score (nSPS) is 25.2. The van der Waals surface area contributed by atoms with E-state index in [1.807, 2.05) is 0 Å². The molecule has 0 heterocycles. The largest absolute Gasteiger partial charge is 0.466 e. The number of methoxy groups -OCH3 is 1. The van der Waals surface area contributed by atoms with Gasteiger partial charge in [0.25, 0.3) is 0 Å². The van der Waals surface area contributed by atoms with Gasteiger partial charge < -0.3 is 9.64 Å². The van der Waals surface area contributed by atoms with Crippen molar-refractivity contribution in [2.75, 3.05) is 19.1 Å². The number of amides is 1. The second-order valence-electron chi connectivity index (χ2n) is 6.78. The zero-order valence-corrected chi connectivity index (χ0v) is 14.0. The van der Waals surface area contributed by atoms with Crippen LogP contribution in [0.5, 0.6) is 0 Å². The number of esters is 1. The lowest BCUT2D eigenvalue weighted by Gasteiger charge is -2.27. The molecule has 1 aromatic carbocycles. The molecule has 2 aliphatic carbocycles. The zero-order chi connectivity index (χ0) is 17.3. The molecular weight excluding hydrogens is 309 g/mol. The van der Waals surface area contributed by atoms with Gasteiger partial charge in [0.1, 0.15) is 5.82 Å². The molecule has 1 amide bonds. The van der Waals surface area contributed by atoms with Gasteiger partial charge in [-0.25, -0.2) is 9.18 Å². The van der Waals surface area contributed by atoms with E-state index in [1.165, 1.54) is 37.8 Å². The maximum Gasteiger partial charge on any atom is 0.330 e. The SMILES string of the molecule is COC(=O)/C=C/c1cc(F)cc(N(C)C(=O)C2CC3CCC2C3)c1. The second-order valence-corrected chi connectivity index (χ2v) is 6.78. The fourth-order valence-corrected chi connectivity index (χ4v) is 4.04. The first-order chi connectivity index (χ1) is 11.5. The van der Waals surface area contributed by atoms with Crippen LogP contribution in [0.15, 0.2) is 24.3 Å². The monoisotopic (exact) mass is 331 g/mol. The van der Waals surface area contributed by atoms with Crippen molar-refractivity contribution in [2.45, 2.75) is 25.7 Å². The summed E-state index contributed by atoms with van der Waals surface area (Å²) in [4.78, 5) is 25.5. The van der Waals surface area contributed by atoms with E-state index in [0.29, 0.717) is 23.1 Å². The van der Waals surface area contributed by atoms with Crippen molar-refractivity contribution in [3.63, 3.8) is 0 Å². The van der Waals surface area contributed by atoms with Crippen LogP contribution in [0.3, 0.4) is 0 Å². The number of halogens is 1. The molecule has 3 atom stereocenters. The van der Waals surface area contributed by atoms with E-state index < -0.39 is 11.8 Å². The van der Waals surface area contributed by atoms with Gasteiger partial charge in [-0.05, 0) is 60.9 Å². The summed E-state index contributed by atoms with van der Waals surface area (Å²) in [6.45, 7) is 0. The lowest BCUT2D eigenvalue weighted by molar-refractivity contribution is -0.134. The van der Waals surface area contributed by atoms with Crippen molar-refractivity contribution in [3.8, 4) is 0 Å². The lowest BCUT2D eigenvalue weighted by atomic mass is 9.87. The van der Waals surface area contributed by atoms with Crippen LogP contribution in [-0.4, -0.2) is 26.0 Å². The van der Waals surface area contributed by atoms with Crippen molar-refractivity contribution < 1.29 is 18.7 Å². The number of benzene rings is 1. The Kier molecular flexibility index (Phi) is 4.69. The fourth-order valence-electron chi connectivity index (χ4n) is 4.04. The van der Waals surface area contributed by atoms with Gasteiger partial charge in [-0.1, -0.05) is 6.42 Å². The van der Waals surface area contributed by atoms with Gasteiger partial charge in [-0.15, -0.1) is 0 Å². The first kappa shape index (κ1) is 16.7. The van der Waals surface area contributed by atoms with Crippen molar-refractivity contribution in [1.29, 1.82) is 0 Å². The Morgan fingerprint density at radius 1 is 1.25 bits per heavy atom. The first-order valence-electron chi connectivity index (χ1n) is 8.32. The molecule has 3 unspecified atom stereocenters. The Balaban J connectivity index is 1.78. The number of hydrogen-bond donors (Lipinski definition) is 0. The molecule has 0 radical (unpaired) electrons.